The van der Waals surface area contributed by atoms with Gasteiger partial charge in [-0.3, -0.25) is 4.79 Å². The fourth-order valence-corrected chi connectivity index (χ4v) is 7.20. The first-order valence-corrected chi connectivity index (χ1v) is 18.9. The van der Waals surface area contributed by atoms with Crippen molar-refractivity contribution in [3.8, 4) is 22.6 Å². The normalized spacial score (nSPS) is 17.4. The van der Waals surface area contributed by atoms with Crippen LogP contribution in [0.1, 0.15) is 48.0 Å². The van der Waals surface area contributed by atoms with Gasteiger partial charge < -0.3 is 29.6 Å². The van der Waals surface area contributed by atoms with E-state index in [1.54, 1.807) is 6.07 Å². The highest BCUT2D eigenvalue weighted by atomic mass is 32.2. The van der Waals surface area contributed by atoms with Gasteiger partial charge in [0, 0.05) is 34.6 Å². The quantitative estimate of drug-likeness (QED) is 0.100. The molecule has 0 radical (unpaired) electrons. The number of benzene rings is 5. The number of rotatable bonds is 13. The molecule has 4 unspecified atom stereocenters. The molecule has 9 nitrogen and oxygen atoms in total. The van der Waals surface area contributed by atoms with E-state index in [9.17, 15) is 14.7 Å². The Morgan fingerprint density at radius 1 is 0.796 bits per heavy atom. The van der Waals surface area contributed by atoms with Gasteiger partial charge in [-0.05, 0) is 42.2 Å². The second kappa shape index (κ2) is 17.5. The summed E-state index contributed by atoms with van der Waals surface area (Å²) in [6, 6.07) is 43.4. The third-order valence-electron chi connectivity index (χ3n) is 9.19. The fourth-order valence-electron chi connectivity index (χ4n) is 6.36. The summed E-state index contributed by atoms with van der Waals surface area (Å²) < 4.78 is 19.6. The van der Waals surface area contributed by atoms with Crippen LogP contribution in [-0.2, 0) is 27.3 Å². The molecule has 1 aliphatic heterocycles. The number of ether oxygens (including phenoxy) is 2. The molecule has 7 rings (SSSR count). The molecule has 10 heteroatoms. The number of carbonyl (C=O) groups is 2. The number of nitrogens with zero attached hydrogens (tertiary/aromatic N) is 1. The molecule has 1 fully saturated rings. The Morgan fingerprint density at radius 2 is 1.48 bits per heavy atom. The third kappa shape index (κ3) is 9.34. The second-order valence-corrected chi connectivity index (χ2v) is 14.1. The van der Waals surface area contributed by atoms with Crippen LogP contribution in [0, 0.1) is 0 Å². The molecule has 2 heterocycles. The monoisotopic (exact) mass is 739 g/mol. The first kappa shape index (κ1) is 36.8. The predicted molar refractivity (Wildman–Crippen MR) is 210 cm³/mol. The number of hydrogen-bond donors (Lipinski definition) is 3. The van der Waals surface area contributed by atoms with Gasteiger partial charge >= 0.3 is 6.03 Å². The first-order chi connectivity index (χ1) is 26.4. The average Bonchev–Trinajstić information content (AvgIpc) is 3.65. The lowest BCUT2D eigenvalue weighted by molar-refractivity contribution is -0.245. The summed E-state index contributed by atoms with van der Waals surface area (Å²) in [5.74, 6) is 1.12. The van der Waals surface area contributed by atoms with Crippen molar-refractivity contribution >= 4 is 29.3 Å². The number of hydrogen-bond acceptors (Lipinski definition) is 8. The van der Waals surface area contributed by atoms with E-state index in [2.05, 4.69) is 10.6 Å². The Bertz CT molecular complexity index is 2090. The number of aliphatic hydroxyl groups excluding tert-OH is 1. The molecule has 0 bridgehead atoms. The molecular weight excluding hydrogens is 699 g/mol. The minimum absolute atomic E-state index is 0.0460. The number of Topliss-reactive ketones (excluding diaryl/α,β-unsaturated/α-hetero) is 1. The van der Waals surface area contributed by atoms with E-state index < -0.39 is 18.4 Å². The lowest BCUT2D eigenvalue weighted by Gasteiger charge is -2.36. The number of oxazole rings is 1. The van der Waals surface area contributed by atoms with Crippen molar-refractivity contribution in [2.24, 2.45) is 0 Å². The molecular formula is C44H41N3O6S. The van der Waals surface area contributed by atoms with Crippen LogP contribution in [0.5, 0.6) is 0 Å². The Kier molecular flexibility index (Phi) is 12.0. The summed E-state index contributed by atoms with van der Waals surface area (Å²) in [4.78, 5) is 30.4. The predicted octanol–water partition coefficient (Wildman–Crippen LogP) is 9.16. The van der Waals surface area contributed by atoms with Crippen LogP contribution in [-0.4, -0.2) is 39.8 Å². The number of thioether (sulfide) groups is 1. The van der Waals surface area contributed by atoms with Gasteiger partial charge in [-0.15, -0.1) is 0 Å². The summed E-state index contributed by atoms with van der Waals surface area (Å²) in [6.45, 7) is 1.43. The number of amides is 2. The topological polar surface area (TPSA) is 123 Å². The molecule has 1 saturated heterocycles. The number of carbonyl (C=O) groups excluding carboxylic acids is 2. The third-order valence-corrected chi connectivity index (χ3v) is 10.2. The number of nitrogens with one attached hydrogen (secondary N) is 2. The van der Waals surface area contributed by atoms with Crippen molar-refractivity contribution < 1.29 is 28.6 Å². The first-order valence-electron chi connectivity index (χ1n) is 17.9. The van der Waals surface area contributed by atoms with Crippen LogP contribution in [0.3, 0.4) is 0 Å². The number of aromatic nitrogens is 1. The molecule has 54 heavy (non-hydrogen) atoms. The molecule has 0 saturated carbocycles. The van der Waals surface area contributed by atoms with E-state index in [1.165, 1.54) is 18.7 Å². The summed E-state index contributed by atoms with van der Waals surface area (Å²) in [5.41, 5.74) is 6.68. The summed E-state index contributed by atoms with van der Waals surface area (Å²) in [6.07, 6.45) is -0.335. The molecule has 274 valence electrons. The van der Waals surface area contributed by atoms with Gasteiger partial charge in [0.2, 0.25) is 0 Å². The minimum Gasteiger partial charge on any atom is -0.431 e. The van der Waals surface area contributed by atoms with Crippen LogP contribution < -0.4 is 10.6 Å². The van der Waals surface area contributed by atoms with Gasteiger partial charge in [0.15, 0.2) is 17.8 Å². The molecule has 1 aliphatic rings. The van der Waals surface area contributed by atoms with Gasteiger partial charge in [0.1, 0.15) is 5.69 Å². The average molecular weight is 740 g/mol. The van der Waals surface area contributed by atoms with Gasteiger partial charge in [-0.25, -0.2) is 9.78 Å². The zero-order valence-electron chi connectivity index (χ0n) is 29.8. The minimum atomic E-state index is -0.746. The van der Waals surface area contributed by atoms with E-state index >= 15 is 0 Å². The number of ketones is 1. The van der Waals surface area contributed by atoms with Gasteiger partial charge in [-0.1, -0.05) is 139 Å². The van der Waals surface area contributed by atoms with E-state index in [0.29, 0.717) is 35.3 Å². The Morgan fingerprint density at radius 3 is 2.17 bits per heavy atom. The Labute approximate surface area is 318 Å². The van der Waals surface area contributed by atoms with E-state index in [4.69, 9.17) is 18.9 Å². The highest BCUT2D eigenvalue weighted by molar-refractivity contribution is 7.99. The van der Waals surface area contributed by atoms with Crippen LogP contribution in [0.25, 0.3) is 22.6 Å². The summed E-state index contributed by atoms with van der Waals surface area (Å²) >= 11 is 1.49. The Hall–Kier alpha value is -5.52. The molecule has 0 aliphatic carbocycles. The number of aliphatic hydroxyl groups is 1. The maximum Gasteiger partial charge on any atom is 0.319 e. The molecule has 2 amide bonds. The van der Waals surface area contributed by atoms with Crippen molar-refractivity contribution in [2.45, 2.75) is 56.1 Å². The molecule has 5 aromatic carbocycles. The fraction of sp³-hybridized carbons (Fsp3) is 0.205. The standard InChI is InChI=1S/C44H41N3O6S/c1-29(49)38(24-30-12-5-2-6-13-30)46-43(50)45-36-19-11-18-35(25-36)42-51-37(26-39(52-42)32-22-20-31(27-48)21-23-32)28-54-44-47-40(33-14-7-3-8-15-33)41(53-44)34-16-9-4-10-17-34/h2-23,25,37-39,42,48H,24,26-28H2,1H3,(H2,45,46,50). The van der Waals surface area contributed by atoms with Crippen LogP contribution in [0.4, 0.5) is 10.5 Å². The van der Waals surface area contributed by atoms with E-state index in [-0.39, 0.29) is 24.6 Å². The van der Waals surface area contributed by atoms with Crippen molar-refractivity contribution in [3.05, 3.63) is 162 Å². The zero-order chi connectivity index (χ0) is 37.3. The van der Waals surface area contributed by atoms with Gasteiger partial charge in [0.05, 0.1) is 24.9 Å². The highest BCUT2D eigenvalue weighted by Crippen LogP contribution is 2.41. The maximum absolute atomic E-state index is 13.1. The molecule has 6 aromatic rings. The van der Waals surface area contributed by atoms with Crippen molar-refractivity contribution in [1.29, 1.82) is 0 Å². The number of anilines is 1. The van der Waals surface area contributed by atoms with Crippen LogP contribution in [0.2, 0.25) is 0 Å². The van der Waals surface area contributed by atoms with Gasteiger partial charge in [-0.2, -0.15) is 0 Å². The van der Waals surface area contributed by atoms with Crippen LogP contribution >= 0.6 is 11.8 Å². The summed E-state index contributed by atoms with van der Waals surface area (Å²) in [5, 5.41) is 15.9. The zero-order valence-corrected chi connectivity index (χ0v) is 30.6. The van der Waals surface area contributed by atoms with E-state index in [1.807, 2.05) is 133 Å². The number of urea groups is 1. The Balaban J connectivity index is 1.09. The van der Waals surface area contributed by atoms with Crippen molar-refractivity contribution in [2.75, 3.05) is 11.1 Å². The lowest BCUT2D eigenvalue weighted by Crippen LogP contribution is -2.43. The van der Waals surface area contributed by atoms with Crippen LogP contribution in [0.15, 0.2) is 149 Å². The second-order valence-electron chi connectivity index (χ2n) is 13.1. The molecule has 4 atom stereocenters. The lowest BCUT2D eigenvalue weighted by atomic mass is 10.0. The van der Waals surface area contributed by atoms with Crippen molar-refractivity contribution in [3.63, 3.8) is 0 Å². The van der Waals surface area contributed by atoms with Gasteiger partial charge in [0.25, 0.3) is 5.22 Å². The SMILES string of the molecule is CC(=O)C(Cc1ccccc1)NC(=O)Nc1cccc(C2OC(CSc3nc(-c4ccccc4)c(-c4ccccc4)o3)CC(c3ccc(CO)cc3)O2)c1. The van der Waals surface area contributed by atoms with Crippen molar-refractivity contribution in [1.82, 2.24) is 10.3 Å². The molecule has 0 spiro atoms. The highest BCUT2D eigenvalue weighted by Gasteiger charge is 2.33. The largest absolute Gasteiger partial charge is 0.431 e. The molecule has 1 aromatic heterocycles. The summed E-state index contributed by atoms with van der Waals surface area (Å²) in [7, 11) is 0. The maximum atomic E-state index is 13.1. The molecule has 3 N–H and O–H groups in total. The smallest absolute Gasteiger partial charge is 0.319 e. The van der Waals surface area contributed by atoms with E-state index in [0.717, 1.165) is 39.1 Å².